The van der Waals surface area contributed by atoms with Crippen LogP contribution in [0.25, 0.3) is 0 Å². The van der Waals surface area contributed by atoms with Crippen LogP contribution in [0.3, 0.4) is 0 Å². The number of hydrogen-bond acceptors (Lipinski definition) is 9. The number of benzene rings is 2. The number of thioether (sulfide) groups is 1. The maximum Gasteiger partial charge on any atom is 0.573 e. The normalized spacial score (nSPS) is 14.8. The lowest BCUT2D eigenvalue weighted by molar-refractivity contribution is -0.274. The zero-order valence-corrected chi connectivity index (χ0v) is 23.3. The lowest BCUT2D eigenvalue weighted by atomic mass is 10.0. The van der Waals surface area contributed by atoms with E-state index < -0.39 is 12.3 Å². The van der Waals surface area contributed by atoms with Crippen molar-refractivity contribution >= 4 is 58.0 Å². The largest absolute Gasteiger partial charge is 0.573 e. The van der Waals surface area contributed by atoms with E-state index in [2.05, 4.69) is 24.9 Å². The number of alkyl halides is 3. The average molecular weight is 586 g/mol. The van der Waals surface area contributed by atoms with Gasteiger partial charge in [-0.3, -0.25) is 14.5 Å². The van der Waals surface area contributed by atoms with E-state index in [1.807, 2.05) is 38.1 Å². The fourth-order valence-electron chi connectivity index (χ4n) is 3.84. The predicted molar refractivity (Wildman–Crippen MR) is 153 cm³/mol. The third kappa shape index (κ3) is 7.20. The summed E-state index contributed by atoms with van der Waals surface area (Å²) in [7, 11) is 3.16. The second-order valence-corrected chi connectivity index (χ2v) is 10.0. The van der Waals surface area contributed by atoms with Gasteiger partial charge < -0.3 is 14.5 Å². The quantitative estimate of drug-likeness (QED) is 0.259. The van der Waals surface area contributed by atoms with E-state index in [9.17, 15) is 22.8 Å². The van der Waals surface area contributed by atoms with E-state index in [0.717, 1.165) is 17.5 Å². The number of halogens is 3. The van der Waals surface area contributed by atoms with Gasteiger partial charge in [-0.2, -0.15) is 5.10 Å². The van der Waals surface area contributed by atoms with Crippen molar-refractivity contribution in [3.8, 4) is 5.75 Å². The number of rotatable bonds is 8. The lowest BCUT2D eigenvalue weighted by Gasteiger charge is -2.21. The molecule has 0 atom stereocenters. The number of anilines is 4. The van der Waals surface area contributed by atoms with Gasteiger partial charge in [0, 0.05) is 19.8 Å². The Morgan fingerprint density at radius 2 is 1.73 bits per heavy atom. The highest BCUT2D eigenvalue weighted by molar-refractivity contribution is 8.15. The van der Waals surface area contributed by atoms with Gasteiger partial charge in [-0.05, 0) is 41.8 Å². The zero-order chi connectivity index (χ0) is 29.7. The Hall–Kier alpha value is -4.46. The van der Waals surface area contributed by atoms with Crippen LogP contribution in [-0.4, -0.2) is 59.4 Å². The Morgan fingerprint density at radius 1 is 1.07 bits per heavy atom. The number of nitrogens with zero attached hydrogens (tertiary/aromatic N) is 7. The van der Waals surface area contributed by atoms with E-state index in [1.54, 1.807) is 11.9 Å². The molecular formula is C27H26F3N7O3S. The van der Waals surface area contributed by atoms with E-state index in [0.29, 0.717) is 16.5 Å². The van der Waals surface area contributed by atoms with Crippen LogP contribution in [0.15, 0.2) is 71.1 Å². The minimum Gasteiger partial charge on any atom is -0.406 e. The highest BCUT2D eigenvalue weighted by Crippen LogP contribution is 2.33. The maximum absolute atomic E-state index is 12.7. The molecule has 2 amide bonds. The molecule has 2 aromatic carbocycles. The molecule has 2 heterocycles. The number of para-hydroxylation sites is 1. The summed E-state index contributed by atoms with van der Waals surface area (Å²) in [4.78, 5) is 38.2. The summed E-state index contributed by atoms with van der Waals surface area (Å²) in [6, 6.07) is 12.8. The molecule has 0 N–H and O–H groups in total. The van der Waals surface area contributed by atoms with Gasteiger partial charge in [-0.15, -0.1) is 18.3 Å². The number of ether oxygens (including phenoxy) is 1. The van der Waals surface area contributed by atoms with Crippen LogP contribution >= 0.6 is 11.8 Å². The van der Waals surface area contributed by atoms with Gasteiger partial charge in [0.25, 0.3) is 5.91 Å². The van der Waals surface area contributed by atoms with Crippen LogP contribution in [0.4, 0.5) is 36.2 Å². The fourth-order valence-corrected chi connectivity index (χ4v) is 4.66. The molecule has 0 aliphatic carbocycles. The molecule has 0 spiro atoms. The Kier molecular flexibility index (Phi) is 8.91. The van der Waals surface area contributed by atoms with Gasteiger partial charge in [0.2, 0.25) is 11.9 Å². The molecule has 14 heteroatoms. The van der Waals surface area contributed by atoms with Gasteiger partial charge in [-0.1, -0.05) is 43.8 Å². The summed E-state index contributed by atoms with van der Waals surface area (Å²) >= 11 is 1.24. The smallest absolute Gasteiger partial charge is 0.406 e. The first-order valence-corrected chi connectivity index (χ1v) is 13.3. The van der Waals surface area contributed by atoms with E-state index in [-0.39, 0.29) is 29.3 Å². The molecule has 1 saturated heterocycles. The average Bonchev–Trinajstić information content (AvgIpc) is 3.31. The Morgan fingerprint density at radius 3 is 2.37 bits per heavy atom. The third-order valence-corrected chi connectivity index (χ3v) is 6.89. The Labute approximate surface area is 238 Å². The summed E-state index contributed by atoms with van der Waals surface area (Å²) < 4.78 is 41.0. The van der Waals surface area contributed by atoms with Crippen LogP contribution in [0.2, 0.25) is 0 Å². The predicted octanol–water partition coefficient (Wildman–Crippen LogP) is 5.35. The van der Waals surface area contributed by atoms with Crippen LogP contribution in [0.5, 0.6) is 5.75 Å². The second kappa shape index (κ2) is 12.4. The van der Waals surface area contributed by atoms with Crippen molar-refractivity contribution in [2.24, 2.45) is 10.2 Å². The SMILES string of the molecule is CC(C)c1ccccc1N1C(=O)CS/C1=N\N=C\C(=O)N(C)c1cnc(N(C)c2ccc(OC(F)(F)F)cc2)nc1. The molecule has 41 heavy (non-hydrogen) atoms. The summed E-state index contributed by atoms with van der Waals surface area (Å²) in [6.07, 6.45) is -0.892. The van der Waals surface area contributed by atoms with Crippen molar-refractivity contribution in [3.63, 3.8) is 0 Å². The molecule has 3 aromatic rings. The molecule has 0 radical (unpaired) electrons. The molecular weight excluding hydrogens is 559 g/mol. The van der Waals surface area contributed by atoms with Gasteiger partial charge in [0.15, 0.2) is 5.17 Å². The molecule has 0 saturated carbocycles. The standard InChI is InChI=1S/C27H26F3N7O3S/c1-17(2)21-7-5-6-8-22(21)37-24(39)16-41-26(37)34-33-15-23(38)35(3)19-13-31-25(32-14-19)36(4)18-9-11-20(12-10-18)40-27(28,29)30/h5-15,17H,16H2,1-4H3/b33-15+,34-26-. The van der Waals surface area contributed by atoms with Crippen molar-refractivity contribution in [3.05, 3.63) is 66.5 Å². The summed E-state index contributed by atoms with van der Waals surface area (Å²) in [5, 5.41) is 8.45. The summed E-state index contributed by atoms with van der Waals surface area (Å²) in [5.74, 6) is -0.293. The number of hydrogen-bond donors (Lipinski definition) is 0. The first-order chi connectivity index (χ1) is 19.4. The molecule has 0 bridgehead atoms. The monoisotopic (exact) mass is 585 g/mol. The number of aromatic nitrogens is 2. The van der Waals surface area contributed by atoms with E-state index in [1.165, 1.54) is 65.3 Å². The zero-order valence-electron chi connectivity index (χ0n) is 22.5. The van der Waals surface area contributed by atoms with Gasteiger partial charge in [0.1, 0.15) is 12.0 Å². The molecule has 1 fully saturated rings. The first-order valence-electron chi connectivity index (χ1n) is 12.3. The Balaban J connectivity index is 1.42. The highest BCUT2D eigenvalue weighted by Gasteiger charge is 2.32. The second-order valence-electron chi connectivity index (χ2n) is 9.10. The first kappa shape index (κ1) is 29.5. The molecule has 0 unspecified atom stereocenters. The lowest BCUT2D eigenvalue weighted by Crippen LogP contribution is -2.30. The minimum atomic E-state index is -4.78. The fraction of sp³-hybridized carbons (Fsp3) is 0.259. The topological polar surface area (TPSA) is 104 Å². The third-order valence-electron chi connectivity index (χ3n) is 5.98. The van der Waals surface area contributed by atoms with Crippen LogP contribution in [-0.2, 0) is 9.59 Å². The van der Waals surface area contributed by atoms with Crippen molar-refractivity contribution in [2.75, 3.05) is 34.5 Å². The van der Waals surface area contributed by atoms with Crippen LogP contribution in [0.1, 0.15) is 25.3 Å². The van der Waals surface area contributed by atoms with Crippen LogP contribution in [0, 0.1) is 0 Å². The van der Waals surface area contributed by atoms with Crippen molar-refractivity contribution < 1.29 is 27.5 Å². The van der Waals surface area contributed by atoms with Crippen LogP contribution < -0.4 is 19.4 Å². The Bertz CT molecular complexity index is 1460. The molecule has 1 aromatic heterocycles. The van der Waals surface area contributed by atoms with Crippen molar-refractivity contribution in [1.29, 1.82) is 0 Å². The molecule has 1 aliphatic heterocycles. The number of carbonyl (C=O) groups is 2. The highest BCUT2D eigenvalue weighted by atomic mass is 32.2. The number of carbonyl (C=O) groups excluding carboxylic acids is 2. The van der Waals surface area contributed by atoms with E-state index in [4.69, 9.17) is 0 Å². The molecule has 1 aliphatic rings. The molecule has 10 nitrogen and oxygen atoms in total. The molecule has 4 rings (SSSR count). The summed E-state index contributed by atoms with van der Waals surface area (Å²) in [6.45, 7) is 4.08. The maximum atomic E-state index is 12.7. The number of amides is 2. The van der Waals surface area contributed by atoms with Crippen molar-refractivity contribution in [1.82, 2.24) is 9.97 Å². The molecule has 214 valence electrons. The number of amidine groups is 1. The van der Waals surface area contributed by atoms with E-state index >= 15 is 0 Å². The minimum absolute atomic E-state index is 0.117. The van der Waals surface area contributed by atoms with Gasteiger partial charge >= 0.3 is 6.36 Å². The van der Waals surface area contributed by atoms with Gasteiger partial charge in [-0.25, -0.2) is 9.97 Å². The van der Waals surface area contributed by atoms with Gasteiger partial charge in [0.05, 0.1) is 29.5 Å². The van der Waals surface area contributed by atoms with Crippen molar-refractivity contribution in [2.45, 2.75) is 26.1 Å². The summed E-state index contributed by atoms with van der Waals surface area (Å²) in [5.41, 5.74) is 2.63.